The van der Waals surface area contributed by atoms with E-state index in [4.69, 9.17) is 15.2 Å². The molecule has 1 atom stereocenters. The van der Waals surface area contributed by atoms with Gasteiger partial charge in [-0.25, -0.2) is 9.59 Å². The predicted molar refractivity (Wildman–Crippen MR) is 94.8 cm³/mol. The summed E-state index contributed by atoms with van der Waals surface area (Å²) in [5, 5.41) is 2.95. The average molecular weight is 346 g/mol. The molecular formula is C19H26N2O4. The van der Waals surface area contributed by atoms with E-state index in [2.05, 4.69) is 11.9 Å². The van der Waals surface area contributed by atoms with E-state index >= 15 is 0 Å². The lowest BCUT2D eigenvalue weighted by Crippen LogP contribution is -2.49. The Morgan fingerprint density at radius 2 is 2.04 bits per heavy atom. The van der Waals surface area contributed by atoms with Crippen LogP contribution in [0.5, 0.6) is 0 Å². The lowest BCUT2D eigenvalue weighted by atomic mass is 9.73. The van der Waals surface area contributed by atoms with Crippen molar-refractivity contribution >= 4 is 12.2 Å². The summed E-state index contributed by atoms with van der Waals surface area (Å²) < 4.78 is 10.3. The predicted octanol–water partition coefficient (Wildman–Crippen LogP) is 3.51. The van der Waals surface area contributed by atoms with Gasteiger partial charge in [0.15, 0.2) is 0 Å². The third-order valence-electron chi connectivity index (χ3n) is 4.43. The molecule has 0 aromatic heterocycles. The maximum atomic E-state index is 12.2. The van der Waals surface area contributed by atoms with Crippen LogP contribution < -0.4 is 11.1 Å². The summed E-state index contributed by atoms with van der Waals surface area (Å²) in [6.07, 6.45) is 3.40. The van der Waals surface area contributed by atoms with E-state index in [0.717, 1.165) is 24.8 Å². The maximum Gasteiger partial charge on any atom is 0.407 e. The smallest absolute Gasteiger partial charge is 0.407 e. The van der Waals surface area contributed by atoms with Crippen LogP contribution in [0.1, 0.15) is 38.2 Å². The average Bonchev–Trinajstić information content (AvgIpc) is 2.51. The zero-order chi connectivity index (χ0) is 18.3. The molecule has 1 aromatic rings. The third kappa shape index (κ3) is 6.14. The molecular weight excluding hydrogens is 320 g/mol. The van der Waals surface area contributed by atoms with Crippen molar-refractivity contribution in [3.05, 3.63) is 48.6 Å². The summed E-state index contributed by atoms with van der Waals surface area (Å²) in [7, 11) is 0. The molecule has 1 aliphatic rings. The molecule has 0 spiro atoms. The molecule has 1 fully saturated rings. The Bertz CT molecular complexity index is 599. The molecule has 0 saturated heterocycles. The monoisotopic (exact) mass is 346 g/mol. The van der Waals surface area contributed by atoms with Crippen molar-refractivity contribution in [2.24, 2.45) is 11.7 Å². The quantitative estimate of drug-likeness (QED) is 0.705. The Hall–Kier alpha value is -2.50. The first-order valence-corrected chi connectivity index (χ1v) is 8.46. The van der Waals surface area contributed by atoms with Crippen molar-refractivity contribution in [3.8, 4) is 0 Å². The largest absolute Gasteiger partial charge is 0.446 e. The Morgan fingerprint density at radius 1 is 1.36 bits per heavy atom. The van der Waals surface area contributed by atoms with Gasteiger partial charge in [-0.05, 0) is 44.1 Å². The minimum atomic E-state index is -0.736. The summed E-state index contributed by atoms with van der Waals surface area (Å²) in [6.45, 7) is 5.98. The molecule has 25 heavy (non-hydrogen) atoms. The van der Waals surface area contributed by atoms with Gasteiger partial charge in [0, 0.05) is 5.54 Å². The highest BCUT2D eigenvalue weighted by molar-refractivity contribution is 5.68. The first kappa shape index (κ1) is 18.8. The summed E-state index contributed by atoms with van der Waals surface area (Å²) in [5.74, 6) is 0.365. The van der Waals surface area contributed by atoms with E-state index in [1.54, 1.807) is 6.08 Å². The van der Waals surface area contributed by atoms with Crippen LogP contribution in [0.4, 0.5) is 9.59 Å². The van der Waals surface area contributed by atoms with Crippen LogP contribution in [0, 0.1) is 5.92 Å². The van der Waals surface area contributed by atoms with E-state index < -0.39 is 17.7 Å². The van der Waals surface area contributed by atoms with Gasteiger partial charge in [0.1, 0.15) is 12.7 Å². The summed E-state index contributed by atoms with van der Waals surface area (Å²) in [6, 6.07) is 9.53. The van der Waals surface area contributed by atoms with Crippen LogP contribution in [0.25, 0.3) is 0 Å². The molecule has 2 rings (SSSR count). The fourth-order valence-electron chi connectivity index (χ4n) is 3.25. The zero-order valence-electron chi connectivity index (χ0n) is 14.6. The number of nitrogens with two attached hydrogens (primary N) is 1. The van der Waals surface area contributed by atoms with E-state index in [9.17, 15) is 9.59 Å². The lowest BCUT2D eigenvalue weighted by molar-refractivity contribution is 0.0101. The van der Waals surface area contributed by atoms with Crippen LogP contribution in [0.2, 0.25) is 0 Å². The second kappa shape index (κ2) is 8.55. The molecule has 1 aliphatic carbocycles. The number of primary amides is 1. The van der Waals surface area contributed by atoms with E-state index in [-0.39, 0.29) is 12.7 Å². The molecule has 136 valence electrons. The van der Waals surface area contributed by atoms with Gasteiger partial charge < -0.3 is 20.5 Å². The molecule has 2 amide bonds. The maximum absolute atomic E-state index is 12.2. The molecule has 6 heteroatoms. The number of rotatable bonds is 8. The highest BCUT2D eigenvalue weighted by Crippen LogP contribution is 2.37. The van der Waals surface area contributed by atoms with Gasteiger partial charge in [-0.2, -0.15) is 0 Å². The Balaban J connectivity index is 1.81. The van der Waals surface area contributed by atoms with Gasteiger partial charge in [0.2, 0.25) is 0 Å². The standard InChI is InChI=1S/C19H26N2O4/c1-3-9-19(2,12-15-10-16(11-15)25-17(20)22)21-18(23)24-13-14-7-5-4-6-8-14/h3-8,15-16H,1,9-13H2,2H3,(H2,20,22)(H,21,23)/t15?,16?,19-/m0/s1. The van der Waals surface area contributed by atoms with Crippen LogP contribution in [-0.2, 0) is 16.1 Å². The molecule has 0 heterocycles. The molecule has 3 N–H and O–H groups in total. The van der Waals surface area contributed by atoms with Gasteiger partial charge in [-0.15, -0.1) is 6.58 Å². The number of amides is 2. The van der Waals surface area contributed by atoms with Crippen LogP contribution in [0.15, 0.2) is 43.0 Å². The van der Waals surface area contributed by atoms with Crippen LogP contribution in [0.3, 0.4) is 0 Å². The van der Waals surface area contributed by atoms with Gasteiger partial charge in [0.25, 0.3) is 0 Å². The first-order valence-electron chi connectivity index (χ1n) is 8.46. The van der Waals surface area contributed by atoms with Gasteiger partial charge in [-0.3, -0.25) is 0 Å². The number of carbonyl (C=O) groups excluding carboxylic acids is 2. The number of ether oxygens (including phenoxy) is 2. The fraction of sp³-hybridized carbons (Fsp3) is 0.474. The van der Waals surface area contributed by atoms with Crippen LogP contribution in [-0.4, -0.2) is 23.8 Å². The van der Waals surface area contributed by atoms with Crippen molar-refractivity contribution in [2.45, 2.75) is 50.9 Å². The Morgan fingerprint density at radius 3 is 2.64 bits per heavy atom. The van der Waals surface area contributed by atoms with Crippen molar-refractivity contribution in [2.75, 3.05) is 0 Å². The minimum absolute atomic E-state index is 0.111. The lowest BCUT2D eigenvalue weighted by Gasteiger charge is -2.40. The van der Waals surface area contributed by atoms with Crippen LogP contribution >= 0.6 is 0 Å². The second-order valence-electron chi connectivity index (χ2n) is 6.84. The summed E-state index contributed by atoms with van der Waals surface area (Å²) >= 11 is 0. The number of carbonyl (C=O) groups is 2. The third-order valence-corrected chi connectivity index (χ3v) is 4.43. The molecule has 0 unspecified atom stereocenters. The normalized spacial score (nSPS) is 21.3. The number of hydrogen-bond acceptors (Lipinski definition) is 4. The Kier molecular flexibility index (Phi) is 6.44. The summed E-state index contributed by atoms with van der Waals surface area (Å²) in [4.78, 5) is 22.9. The van der Waals surface area contributed by atoms with Crippen molar-refractivity contribution in [1.82, 2.24) is 5.32 Å². The van der Waals surface area contributed by atoms with Gasteiger partial charge in [0.05, 0.1) is 0 Å². The molecule has 6 nitrogen and oxygen atoms in total. The molecule has 0 aliphatic heterocycles. The minimum Gasteiger partial charge on any atom is -0.446 e. The van der Waals surface area contributed by atoms with E-state index in [1.807, 2.05) is 37.3 Å². The first-order chi connectivity index (χ1) is 11.9. The van der Waals surface area contributed by atoms with Crippen molar-refractivity contribution < 1.29 is 19.1 Å². The van der Waals surface area contributed by atoms with E-state index in [0.29, 0.717) is 12.3 Å². The second-order valence-corrected chi connectivity index (χ2v) is 6.84. The number of nitrogens with one attached hydrogen (secondary N) is 1. The van der Waals surface area contributed by atoms with Crippen molar-refractivity contribution in [1.29, 1.82) is 0 Å². The molecule has 0 bridgehead atoms. The number of alkyl carbamates (subject to hydrolysis) is 1. The fourth-order valence-corrected chi connectivity index (χ4v) is 3.25. The van der Waals surface area contributed by atoms with Gasteiger partial charge in [-0.1, -0.05) is 36.4 Å². The molecule has 1 aromatic carbocycles. The number of hydrogen-bond donors (Lipinski definition) is 2. The summed E-state index contributed by atoms with van der Waals surface area (Å²) in [5.41, 5.74) is 5.51. The number of benzene rings is 1. The van der Waals surface area contributed by atoms with E-state index in [1.165, 1.54) is 0 Å². The van der Waals surface area contributed by atoms with Gasteiger partial charge >= 0.3 is 12.2 Å². The SMILES string of the molecule is C=CC[C@@](C)(CC1CC(OC(N)=O)C1)NC(=O)OCc1ccccc1. The molecule has 0 radical (unpaired) electrons. The topological polar surface area (TPSA) is 90.6 Å². The highest BCUT2D eigenvalue weighted by atomic mass is 16.6. The molecule has 1 saturated carbocycles. The van der Waals surface area contributed by atoms with Crippen molar-refractivity contribution in [3.63, 3.8) is 0 Å². The Labute approximate surface area is 148 Å². The highest BCUT2D eigenvalue weighted by Gasteiger charge is 2.38. The zero-order valence-corrected chi connectivity index (χ0v) is 14.6.